The average Bonchev–Trinajstić information content (AvgIpc) is 2.85. The summed E-state index contributed by atoms with van der Waals surface area (Å²) < 4.78 is 2.22. The van der Waals surface area contributed by atoms with Crippen molar-refractivity contribution < 1.29 is 5.11 Å². The molecule has 1 N–H and O–H groups in total. The number of β-amino-alcohol motifs (C(OH)–C–C–N with tert-alkyl or cyclic N) is 1. The second-order valence-electron chi connectivity index (χ2n) is 7.01. The van der Waals surface area contributed by atoms with Crippen LogP contribution in [0.5, 0.6) is 0 Å². The summed E-state index contributed by atoms with van der Waals surface area (Å²) in [5.74, 6) is 0.718. The second-order valence-corrected chi connectivity index (χ2v) is 7.01. The van der Waals surface area contributed by atoms with E-state index in [1.165, 1.54) is 29.3 Å². The first-order valence-electron chi connectivity index (χ1n) is 8.72. The van der Waals surface area contributed by atoms with E-state index in [1.807, 2.05) is 0 Å². The van der Waals surface area contributed by atoms with Gasteiger partial charge in [0.2, 0.25) is 0 Å². The summed E-state index contributed by atoms with van der Waals surface area (Å²) in [6.45, 7) is 5.50. The summed E-state index contributed by atoms with van der Waals surface area (Å²) in [5.41, 5.74) is 2.72. The van der Waals surface area contributed by atoms with E-state index in [1.54, 1.807) is 0 Å². The Morgan fingerprint density at radius 2 is 2.13 bits per heavy atom. The number of piperidine rings is 1. The number of nitrogens with zero attached hydrogens (tertiary/aromatic N) is 3. The molecule has 1 aromatic carbocycles. The molecule has 1 fully saturated rings. The topological polar surface area (TPSA) is 31.6 Å². The van der Waals surface area contributed by atoms with Crippen molar-refractivity contribution in [2.24, 2.45) is 13.0 Å². The number of aromatic nitrogens is 1. The number of rotatable bonds is 6. The van der Waals surface area contributed by atoms with Crippen LogP contribution in [-0.2, 0) is 13.6 Å². The molecule has 0 spiro atoms. The van der Waals surface area contributed by atoms with Crippen molar-refractivity contribution in [2.75, 3.05) is 39.8 Å². The molecule has 2 aromatic rings. The molecule has 1 aliphatic heterocycles. The monoisotopic (exact) mass is 315 g/mol. The van der Waals surface area contributed by atoms with Gasteiger partial charge in [0.05, 0.1) is 6.61 Å². The quantitative estimate of drug-likeness (QED) is 0.888. The highest BCUT2D eigenvalue weighted by Gasteiger charge is 2.21. The van der Waals surface area contributed by atoms with E-state index in [9.17, 15) is 0 Å². The van der Waals surface area contributed by atoms with Crippen LogP contribution in [0.4, 0.5) is 0 Å². The maximum Gasteiger partial charge on any atom is 0.0558 e. The van der Waals surface area contributed by atoms with E-state index in [2.05, 4.69) is 58.9 Å². The molecule has 3 rings (SSSR count). The summed E-state index contributed by atoms with van der Waals surface area (Å²) >= 11 is 0. The molecular weight excluding hydrogens is 286 g/mol. The maximum atomic E-state index is 9.13. The molecule has 0 bridgehead atoms. The van der Waals surface area contributed by atoms with E-state index in [0.29, 0.717) is 0 Å². The lowest BCUT2D eigenvalue weighted by atomic mass is 9.97. The molecule has 2 heterocycles. The predicted octanol–water partition coefficient (Wildman–Crippen LogP) is 2.31. The number of aliphatic hydroxyl groups is 1. The number of aliphatic hydroxyl groups excluding tert-OH is 1. The largest absolute Gasteiger partial charge is 0.395 e. The van der Waals surface area contributed by atoms with Crippen LogP contribution >= 0.6 is 0 Å². The molecular formula is C19H29N3O. The molecule has 0 amide bonds. The molecule has 23 heavy (non-hydrogen) atoms. The fraction of sp³-hybridized carbons (Fsp3) is 0.579. The Bertz CT molecular complexity index is 635. The minimum Gasteiger partial charge on any atom is -0.395 e. The minimum absolute atomic E-state index is 0.276. The summed E-state index contributed by atoms with van der Waals surface area (Å²) in [6.07, 6.45) is 4.83. The third-order valence-electron chi connectivity index (χ3n) is 5.01. The zero-order chi connectivity index (χ0) is 16.2. The molecule has 0 saturated carbocycles. The highest BCUT2D eigenvalue weighted by molar-refractivity contribution is 5.83. The lowest BCUT2D eigenvalue weighted by Gasteiger charge is -2.34. The van der Waals surface area contributed by atoms with Crippen molar-refractivity contribution in [3.05, 3.63) is 36.0 Å². The highest BCUT2D eigenvalue weighted by atomic mass is 16.3. The smallest absolute Gasteiger partial charge is 0.0558 e. The Morgan fingerprint density at radius 3 is 2.96 bits per heavy atom. The van der Waals surface area contributed by atoms with E-state index in [4.69, 9.17) is 5.11 Å². The summed E-state index contributed by atoms with van der Waals surface area (Å²) in [6, 6.07) is 8.64. The van der Waals surface area contributed by atoms with Crippen molar-refractivity contribution in [1.82, 2.24) is 14.4 Å². The van der Waals surface area contributed by atoms with Crippen LogP contribution in [0, 0.1) is 5.92 Å². The van der Waals surface area contributed by atoms with Crippen LogP contribution in [0.2, 0.25) is 0 Å². The first kappa shape index (κ1) is 16.5. The molecule has 1 aromatic heterocycles. The highest BCUT2D eigenvalue weighted by Crippen LogP contribution is 2.23. The van der Waals surface area contributed by atoms with Crippen LogP contribution < -0.4 is 0 Å². The third kappa shape index (κ3) is 3.94. The molecule has 126 valence electrons. The van der Waals surface area contributed by atoms with Crippen molar-refractivity contribution in [3.8, 4) is 0 Å². The lowest BCUT2D eigenvalue weighted by Crippen LogP contribution is -2.41. The summed E-state index contributed by atoms with van der Waals surface area (Å²) in [4.78, 5) is 4.86. The van der Waals surface area contributed by atoms with Gasteiger partial charge in [0, 0.05) is 50.3 Å². The minimum atomic E-state index is 0.276. The molecule has 0 radical (unpaired) electrons. The zero-order valence-corrected chi connectivity index (χ0v) is 14.4. The van der Waals surface area contributed by atoms with Crippen molar-refractivity contribution in [3.63, 3.8) is 0 Å². The van der Waals surface area contributed by atoms with Gasteiger partial charge in [0.15, 0.2) is 0 Å². The van der Waals surface area contributed by atoms with Gasteiger partial charge in [-0.25, -0.2) is 0 Å². The van der Waals surface area contributed by atoms with E-state index in [0.717, 1.165) is 38.6 Å². The zero-order valence-electron chi connectivity index (χ0n) is 14.4. The van der Waals surface area contributed by atoms with Gasteiger partial charge in [0.25, 0.3) is 0 Å². The second kappa shape index (κ2) is 7.47. The molecule has 1 atom stereocenters. The van der Waals surface area contributed by atoms with Gasteiger partial charge >= 0.3 is 0 Å². The van der Waals surface area contributed by atoms with Gasteiger partial charge in [-0.05, 0) is 44.0 Å². The van der Waals surface area contributed by atoms with E-state index < -0.39 is 0 Å². The Kier molecular flexibility index (Phi) is 5.36. The number of likely N-dealkylation sites (tertiary alicyclic amines) is 1. The van der Waals surface area contributed by atoms with Crippen molar-refractivity contribution in [2.45, 2.75) is 19.4 Å². The van der Waals surface area contributed by atoms with Gasteiger partial charge in [0.1, 0.15) is 0 Å². The van der Waals surface area contributed by atoms with Crippen molar-refractivity contribution >= 4 is 10.9 Å². The molecule has 1 aliphatic rings. The first-order chi connectivity index (χ1) is 11.2. The van der Waals surface area contributed by atoms with Gasteiger partial charge < -0.3 is 19.5 Å². The van der Waals surface area contributed by atoms with Crippen LogP contribution in [0.15, 0.2) is 30.5 Å². The fourth-order valence-electron chi connectivity index (χ4n) is 3.99. The predicted molar refractivity (Wildman–Crippen MR) is 95.5 cm³/mol. The number of aryl methyl sites for hydroxylation is 1. The van der Waals surface area contributed by atoms with Gasteiger partial charge in [-0.2, -0.15) is 0 Å². The number of hydrogen-bond donors (Lipinski definition) is 1. The molecule has 1 unspecified atom stereocenters. The Hall–Kier alpha value is -1.36. The van der Waals surface area contributed by atoms with E-state index in [-0.39, 0.29) is 6.61 Å². The maximum absolute atomic E-state index is 9.13. The van der Waals surface area contributed by atoms with E-state index >= 15 is 0 Å². The Labute approximate surface area is 139 Å². The van der Waals surface area contributed by atoms with Crippen LogP contribution in [-0.4, -0.2) is 59.3 Å². The molecule has 1 saturated heterocycles. The lowest BCUT2D eigenvalue weighted by molar-refractivity contribution is 0.119. The third-order valence-corrected chi connectivity index (χ3v) is 5.01. The normalized spacial score (nSPS) is 19.7. The van der Waals surface area contributed by atoms with Crippen molar-refractivity contribution in [1.29, 1.82) is 0 Å². The van der Waals surface area contributed by atoms with Gasteiger partial charge in [-0.15, -0.1) is 0 Å². The molecule has 4 heteroatoms. The van der Waals surface area contributed by atoms with Gasteiger partial charge in [-0.1, -0.05) is 18.2 Å². The number of hydrogen-bond acceptors (Lipinski definition) is 3. The van der Waals surface area contributed by atoms with Crippen LogP contribution in [0.1, 0.15) is 18.4 Å². The van der Waals surface area contributed by atoms with Crippen LogP contribution in [0.25, 0.3) is 10.9 Å². The standard InChI is InChI=1S/C19H29N3O/c1-20(12-16-6-5-9-22(13-16)10-11-23)14-17-15-21(2)19-8-4-3-7-18(17)19/h3-4,7-8,15-16,23H,5-6,9-14H2,1-2H3. The molecule has 4 nitrogen and oxygen atoms in total. The summed E-state index contributed by atoms with van der Waals surface area (Å²) in [7, 11) is 4.35. The number of benzene rings is 1. The van der Waals surface area contributed by atoms with Crippen LogP contribution in [0.3, 0.4) is 0 Å². The SMILES string of the molecule is CN(Cc1cn(C)c2ccccc12)CC1CCCN(CCO)C1. The summed E-state index contributed by atoms with van der Waals surface area (Å²) in [5, 5.41) is 10.5. The average molecular weight is 315 g/mol. The number of para-hydroxylation sites is 1. The fourth-order valence-corrected chi connectivity index (χ4v) is 3.99. The number of fused-ring (bicyclic) bond motifs is 1. The van der Waals surface area contributed by atoms with Gasteiger partial charge in [-0.3, -0.25) is 0 Å². The molecule has 0 aliphatic carbocycles. The first-order valence-corrected chi connectivity index (χ1v) is 8.72. The Balaban J connectivity index is 1.61. The Morgan fingerprint density at radius 1 is 1.30 bits per heavy atom.